The average Bonchev–Trinajstić information content (AvgIpc) is 2.26. The first-order valence-corrected chi connectivity index (χ1v) is 8.07. The van der Waals surface area contributed by atoms with Crippen LogP contribution >= 0.6 is 0 Å². The van der Waals surface area contributed by atoms with Crippen LogP contribution in [-0.2, 0) is 0 Å². The lowest BCUT2D eigenvalue weighted by Gasteiger charge is -2.59. The van der Waals surface area contributed by atoms with E-state index in [-0.39, 0.29) is 0 Å². The molecule has 0 aromatic rings. The highest BCUT2D eigenvalue weighted by molar-refractivity contribution is 5.05. The highest BCUT2D eigenvalue weighted by atomic mass is 15.2. The molecule has 1 unspecified atom stereocenters. The van der Waals surface area contributed by atoms with Crippen LogP contribution in [-0.4, -0.2) is 6.04 Å². The molecule has 4 aliphatic carbocycles. The summed E-state index contributed by atoms with van der Waals surface area (Å²) in [6.45, 7) is 4.65. The van der Waals surface area contributed by atoms with Gasteiger partial charge in [-0.25, -0.2) is 0 Å². The predicted octanol–water partition coefficient (Wildman–Crippen LogP) is 3.47. The Bertz CT molecular complexity index is 262. The van der Waals surface area contributed by atoms with Gasteiger partial charge in [0.15, 0.2) is 0 Å². The molecular weight excluding hydrogens is 220 g/mol. The maximum atomic E-state index is 5.93. The second-order valence-corrected chi connectivity index (χ2v) is 7.97. The van der Waals surface area contributed by atoms with Crippen LogP contribution in [0.3, 0.4) is 0 Å². The molecule has 0 aliphatic heterocycles. The van der Waals surface area contributed by atoms with E-state index < -0.39 is 0 Å². The minimum absolute atomic E-state index is 0.568. The summed E-state index contributed by atoms with van der Waals surface area (Å²) in [6, 6.07) is 0.577. The molecule has 4 rings (SSSR count). The van der Waals surface area contributed by atoms with Crippen LogP contribution in [0.2, 0.25) is 0 Å². The van der Waals surface area contributed by atoms with E-state index in [0.717, 1.165) is 23.7 Å². The van der Waals surface area contributed by atoms with Crippen molar-refractivity contribution >= 4 is 0 Å². The smallest absolute Gasteiger partial charge is 0.0267 e. The minimum atomic E-state index is 0.568. The Balaban J connectivity index is 1.72. The molecule has 0 aromatic heterocycles. The fourth-order valence-corrected chi connectivity index (χ4v) is 5.67. The lowest BCUT2D eigenvalue weighted by atomic mass is 9.47. The maximum Gasteiger partial charge on any atom is 0.0267 e. The number of nitrogens with two attached hydrogens (primary N) is 1. The summed E-state index contributed by atoms with van der Waals surface area (Å²) in [4.78, 5) is 0. The number of rotatable bonds is 5. The second-order valence-electron chi connectivity index (χ2n) is 7.97. The summed E-state index contributed by atoms with van der Waals surface area (Å²) < 4.78 is 0. The van der Waals surface area contributed by atoms with Gasteiger partial charge in [-0.2, -0.15) is 0 Å². The van der Waals surface area contributed by atoms with Crippen molar-refractivity contribution in [2.75, 3.05) is 0 Å². The van der Waals surface area contributed by atoms with Crippen molar-refractivity contribution in [1.82, 2.24) is 5.43 Å². The van der Waals surface area contributed by atoms with E-state index in [4.69, 9.17) is 5.84 Å². The summed E-state index contributed by atoms with van der Waals surface area (Å²) in [5.41, 5.74) is 3.78. The molecule has 104 valence electrons. The fraction of sp³-hybridized carbons (Fsp3) is 1.00. The quantitative estimate of drug-likeness (QED) is 0.579. The molecular formula is C16H30N2. The monoisotopic (exact) mass is 250 g/mol. The lowest BCUT2D eigenvalue weighted by Crippen LogP contribution is -2.57. The third-order valence-electron chi connectivity index (χ3n) is 6.06. The molecule has 3 N–H and O–H groups in total. The SMILES string of the molecule is CC(C)CCC(NN)C12CC3CC(CC(C3)C1)C2. The molecule has 0 saturated heterocycles. The average molecular weight is 250 g/mol. The molecule has 4 saturated carbocycles. The van der Waals surface area contributed by atoms with E-state index in [9.17, 15) is 0 Å². The van der Waals surface area contributed by atoms with Gasteiger partial charge in [-0.1, -0.05) is 13.8 Å². The van der Waals surface area contributed by atoms with E-state index in [1.807, 2.05) is 0 Å². The molecule has 18 heavy (non-hydrogen) atoms. The van der Waals surface area contributed by atoms with E-state index >= 15 is 0 Å². The first kappa shape index (κ1) is 12.9. The maximum absolute atomic E-state index is 5.93. The normalized spacial score (nSPS) is 43.7. The van der Waals surface area contributed by atoms with Gasteiger partial charge in [0.25, 0.3) is 0 Å². The molecule has 2 nitrogen and oxygen atoms in total. The predicted molar refractivity (Wildman–Crippen MR) is 75.8 cm³/mol. The first-order valence-electron chi connectivity index (χ1n) is 8.07. The third-order valence-corrected chi connectivity index (χ3v) is 6.06. The van der Waals surface area contributed by atoms with E-state index in [1.54, 1.807) is 0 Å². The molecule has 2 heteroatoms. The Morgan fingerprint density at radius 1 is 1.00 bits per heavy atom. The van der Waals surface area contributed by atoms with Crippen molar-refractivity contribution < 1.29 is 0 Å². The molecule has 4 fully saturated rings. The van der Waals surface area contributed by atoms with E-state index in [0.29, 0.717) is 11.5 Å². The standard InChI is InChI=1S/C16H30N2/c1-11(2)3-4-15(18-17)16-8-12-5-13(9-16)7-14(6-12)10-16/h11-15,18H,3-10,17H2,1-2H3. The zero-order valence-corrected chi connectivity index (χ0v) is 12.1. The topological polar surface area (TPSA) is 38.0 Å². The third kappa shape index (κ3) is 2.22. The van der Waals surface area contributed by atoms with Crippen molar-refractivity contribution in [3.05, 3.63) is 0 Å². The van der Waals surface area contributed by atoms with Crippen molar-refractivity contribution in [3.63, 3.8) is 0 Å². The van der Waals surface area contributed by atoms with Gasteiger partial charge in [0.05, 0.1) is 0 Å². The molecule has 0 amide bonds. The van der Waals surface area contributed by atoms with Gasteiger partial charge in [0.1, 0.15) is 0 Å². The number of hydrogen-bond acceptors (Lipinski definition) is 2. The van der Waals surface area contributed by atoms with Crippen LogP contribution in [0.15, 0.2) is 0 Å². The van der Waals surface area contributed by atoms with Gasteiger partial charge >= 0.3 is 0 Å². The summed E-state index contributed by atoms with van der Waals surface area (Å²) in [5.74, 6) is 9.83. The highest BCUT2D eigenvalue weighted by Crippen LogP contribution is 2.61. The van der Waals surface area contributed by atoms with Gasteiger partial charge < -0.3 is 0 Å². The fourth-order valence-electron chi connectivity index (χ4n) is 5.67. The van der Waals surface area contributed by atoms with E-state index in [1.165, 1.54) is 51.4 Å². The summed E-state index contributed by atoms with van der Waals surface area (Å²) in [5, 5.41) is 0. The zero-order valence-electron chi connectivity index (χ0n) is 12.1. The number of hydrogen-bond donors (Lipinski definition) is 2. The molecule has 0 radical (unpaired) electrons. The van der Waals surface area contributed by atoms with Crippen molar-refractivity contribution in [3.8, 4) is 0 Å². The van der Waals surface area contributed by atoms with Crippen LogP contribution in [0.25, 0.3) is 0 Å². The van der Waals surface area contributed by atoms with Gasteiger partial charge in [0, 0.05) is 6.04 Å². The summed E-state index contributed by atoms with van der Waals surface area (Å²) in [7, 11) is 0. The Hall–Kier alpha value is -0.0800. The van der Waals surface area contributed by atoms with Gasteiger partial charge in [0.2, 0.25) is 0 Å². The van der Waals surface area contributed by atoms with Crippen LogP contribution in [0, 0.1) is 29.1 Å². The highest BCUT2D eigenvalue weighted by Gasteiger charge is 2.53. The molecule has 1 atom stereocenters. The van der Waals surface area contributed by atoms with Crippen LogP contribution < -0.4 is 11.3 Å². The Kier molecular flexibility index (Phi) is 3.44. The van der Waals surface area contributed by atoms with Crippen LogP contribution in [0.4, 0.5) is 0 Å². The molecule has 4 bridgehead atoms. The van der Waals surface area contributed by atoms with Crippen molar-refractivity contribution in [2.45, 2.75) is 71.3 Å². The van der Waals surface area contributed by atoms with E-state index in [2.05, 4.69) is 19.3 Å². The first-order chi connectivity index (χ1) is 8.61. The van der Waals surface area contributed by atoms with Crippen LogP contribution in [0.1, 0.15) is 65.2 Å². The van der Waals surface area contributed by atoms with Crippen molar-refractivity contribution in [2.24, 2.45) is 34.9 Å². The largest absolute Gasteiger partial charge is 0.271 e. The number of hydrazine groups is 1. The van der Waals surface area contributed by atoms with Gasteiger partial charge in [-0.15, -0.1) is 0 Å². The summed E-state index contributed by atoms with van der Waals surface area (Å²) >= 11 is 0. The molecule has 0 aromatic carbocycles. The van der Waals surface area contributed by atoms with Gasteiger partial charge in [-0.3, -0.25) is 11.3 Å². The molecule has 0 spiro atoms. The Morgan fingerprint density at radius 3 is 1.89 bits per heavy atom. The Morgan fingerprint density at radius 2 is 1.50 bits per heavy atom. The Labute approximate surface area is 112 Å². The van der Waals surface area contributed by atoms with Crippen LogP contribution in [0.5, 0.6) is 0 Å². The zero-order chi connectivity index (χ0) is 12.8. The summed E-state index contributed by atoms with van der Waals surface area (Å²) in [6.07, 6.45) is 11.6. The number of nitrogens with one attached hydrogen (secondary N) is 1. The minimum Gasteiger partial charge on any atom is -0.271 e. The second kappa shape index (κ2) is 4.79. The molecule has 4 aliphatic rings. The lowest BCUT2D eigenvalue weighted by molar-refractivity contribution is -0.0759. The van der Waals surface area contributed by atoms with Gasteiger partial charge in [-0.05, 0) is 80.5 Å². The molecule has 0 heterocycles. The van der Waals surface area contributed by atoms with Crippen molar-refractivity contribution in [1.29, 1.82) is 0 Å².